The molecule has 0 unspecified atom stereocenters. The van der Waals surface area contributed by atoms with Gasteiger partial charge in [-0.3, -0.25) is 0 Å². The Bertz CT molecular complexity index is 587. The van der Waals surface area contributed by atoms with Gasteiger partial charge in [0.25, 0.3) is 0 Å². The second-order valence-electron chi connectivity index (χ2n) is 5.32. The summed E-state index contributed by atoms with van der Waals surface area (Å²) in [6, 6.07) is 8.59. The van der Waals surface area contributed by atoms with Crippen molar-refractivity contribution >= 4 is 22.2 Å². The highest BCUT2D eigenvalue weighted by Gasteiger charge is 2.30. The van der Waals surface area contributed by atoms with E-state index in [0.717, 1.165) is 27.8 Å². The van der Waals surface area contributed by atoms with Crippen LogP contribution in [0.15, 0.2) is 24.3 Å². The molecular weight excluding hydrogens is 268 g/mol. The first-order chi connectivity index (χ1) is 9.72. The maximum absolute atomic E-state index is 9.48. The quantitative estimate of drug-likeness (QED) is 0.908. The average molecular weight is 288 g/mol. The van der Waals surface area contributed by atoms with Crippen molar-refractivity contribution in [2.75, 3.05) is 11.9 Å². The molecule has 106 valence electrons. The van der Waals surface area contributed by atoms with Crippen molar-refractivity contribution in [2.45, 2.75) is 38.7 Å². The van der Waals surface area contributed by atoms with Gasteiger partial charge in [0.15, 0.2) is 5.13 Å². The minimum atomic E-state index is 0.103. The van der Waals surface area contributed by atoms with Gasteiger partial charge in [-0.25, -0.2) is 4.98 Å². The Hall–Kier alpha value is -1.39. The molecule has 1 aliphatic rings. The number of anilines is 2. The topological polar surface area (TPSA) is 36.4 Å². The fourth-order valence-electron chi connectivity index (χ4n) is 2.35. The van der Waals surface area contributed by atoms with Crippen molar-refractivity contribution in [3.05, 3.63) is 40.4 Å². The summed E-state index contributed by atoms with van der Waals surface area (Å²) in [6.07, 6.45) is 3.48. The Kier molecular flexibility index (Phi) is 3.76. The average Bonchev–Trinajstić information content (AvgIpc) is 3.25. The smallest absolute Gasteiger partial charge is 0.190 e. The van der Waals surface area contributed by atoms with Crippen LogP contribution in [-0.4, -0.2) is 17.1 Å². The zero-order chi connectivity index (χ0) is 14.1. The fraction of sp³-hybridized carbons (Fsp3) is 0.438. The van der Waals surface area contributed by atoms with Crippen molar-refractivity contribution in [1.82, 2.24) is 4.98 Å². The number of benzene rings is 1. The molecule has 1 saturated carbocycles. The minimum Gasteiger partial charge on any atom is -0.391 e. The first-order valence-corrected chi connectivity index (χ1v) is 7.97. The molecule has 0 saturated heterocycles. The summed E-state index contributed by atoms with van der Waals surface area (Å²) in [5, 5.41) is 10.5. The summed E-state index contributed by atoms with van der Waals surface area (Å²) in [5.41, 5.74) is 3.60. The van der Waals surface area contributed by atoms with Gasteiger partial charge in [0.2, 0.25) is 0 Å². The molecule has 1 fully saturated rings. The highest BCUT2D eigenvalue weighted by Crippen LogP contribution is 2.44. The third-order valence-electron chi connectivity index (χ3n) is 3.84. The molecule has 0 radical (unpaired) electrons. The highest BCUT2D eigenvalue weighted by atomic mass is 32.1. The van der Waals surface area contributed by atoms with Gasteiger partial charge in [0, 0.05) is 18.7 Å². The monoisotopic (exact) mass is 288 g/mol. The Morgan fingerprint density at radius 2 is 2.00 bits per heavy atom. The van der Waals surface area contributed by atoms with E-state index in [1.807, 2.05) is 7.05 Å². The predicted octanol–water partition coefficient (Wildman–Crippen LogP) is 3.84. The van der Waals surface area contributed by atoms with Gasteiger partial charge < -0.3 is 10.0 Å². The van der Waals surface area contributed by atoms with E-state index in [2.05, 4.69) is 36.1 Å². The first-order valence-electron chi connectivity index (χ1n) is 7.16. The van der Waals surface area contributed by atoms with Crippen molar-refractivity contribution in [3.8, 4) is 0 Å². The van der Waals surface area contributed by atoms with Gasteiger partial charge in [-0.15, -0.1) is 0 Å². The molecule has 1 aliphatic carbocycles. The molecule has 2 aromatic rings. The lowest BCUT2D eigenvalue weighted by molar-refractivity contribution is 0.284. The Morgan fingerprint density at radius 1 is 1.30 bits per heavy atom. The predicted molar refractivity (Wildman–Crippen MR) is 83.9 cm³/mol. The zero-order valence-corrected chi connectivity index (χ0v) is 12.8. The molecule has 1 N–H and O–H groups in total. The number of aliphatic hydroxyl groups excluding tert-OH is 1. The normalized spacial score (nSPS) is 14.6. The van der Waals surface area contributed by atoms with Crippen molar-refractivity contribution < 1.29 is 5.11 Å². The van der Waals surface area contributed by atoms with E-state index in [-0.39, 0.29) is 6.61 Å². The lowest BCUT2D eigenvalue weighted by atomic mass is 10.1. The van der Waals surface area contributed by atoms with Crippen molar-refractivity contribution in [1.29, 1.82) is 0 Å². The van der Waals surface area contributed by atoms with Gasteiger partial charge in [0.1, 0.15) is 0 Å². The zero-order valence-electron chi connectivity index (χ0n) is 12.0. The molecule has 3 rings (SSSR count). The second kappa shape index (κ2) is 5.54. The Labute approximate surface area is 123 Å². The molecule has 3 nitrogen and oxygen atoms in total. The van der Waals surface area contributed by atoms with E-state index in [4.69, 9.17) is 4.98 Å². The maximum atomic E-state index is 9.48. The Morgan fingerprint density at radius 3 is 2.55 bits per heavy atom. The lowest BCUT2D eigenvalue weighted by Gasteiger charge is -2.16. The Balaban J connectivity index is 1.87. The number of thiazole rings is 1. The largest absolute Gasteiger partial charge is 0.391 e. The molecule has 0 spiro atoms. The van der Waals surface area contributed by atoms with Gasteiger partial charge in [-0.05, 0) is 37.0 Å². The molecule has 4 heteroatoms. The van der Waals surface area contributed by atoms with Crippen LogP contribution in [0.4, 0.5) is 10.8 Å². The standard InChI is InChI=1S/C16H20N2OS/c1-3-11-4-8-13(9-5-11)18(2)16-17-15(12-6-7-12)14(10-19)20-16/h4-5,8-9,12,19H,3,6-7,10H2,1-2H3. The molecule has 1 aromatic carbocycles. The highest BCUT2D eigenvalue weighted by molar-refractivity contribution is 7.15. The van der Waals surface area contributed by atoms with Gasteiger partial charge in [0.05, 0.1) is 17.2 Å². The van der Waals surface area contributed by atoms with Crippen molar-refractivity contribution in [3.63, 3.8) is 0 Å². The number of nitrogens with zero attached hydrogens (tertiary/aromatic N) is 2. The SMILES string of the molecule is CCc1ccc(N(C)c2nc(C3CC3)c(CO)s2)cc1. The van der Waals surface area contributed by atoms with E-state index in [1.54, 1.807) is 11.3 Å². The van der Waals surface area contributed by atoms with Gasteiger partial charge in [-0.1, -0.05) is 30.4 Å². The third-order valence-corrected chi connectivity index (χ3v) is 4.98. The number of hydrogen-bond donors (Lipinski definition) is 1. The summed E-state index contributed by atoms with van der Waals surface area (Å²) in [7, 11) is 2.04. The molecule has 0 bridgehead atoms. The number of rotatable bonds is 5. The van der Waals surface area contributed by atoms with Crippen LogP contribution in [0.1, 0.15) is 41.8 Å². The molecule has 20 heavy (non-hydrogen) atoms. The summed E-state index contributed by atoms with van der Waals surface area (Å²) >= 11 is 1.61. The molecule has 0 atom stereocenters. The first kappa shape index (κ1) is 13.6. The van der Waals surface area contributed by atoms with E-state index < -0.39 is 0 Å². The van der Waals surface area contributed by atoms with Crippen LogP contribution >= 0.6 is 11.3 Å². The fourth-order valence-corrected chi connectivity index (χ4v) is 3.34. The maximum Gasteiger partial charge on any atom is 0.190 e. The summed E-state index contributed by atoms with van der Waals surface area (Å²) in [6.45, 7) is 2.26. The summed E-state index contributed by atoms with van der Waals surface area (Å²) < 4.78 is 0. The second-order valence-corrected chi connectivity index (χ2v) is 6.38. The van der Waals surface area contributed by atoms with E-state index >= 15 is 0 Å². The summed E-state index contributed by atoms with van der Waals surface area (Å²) in [4.78, 5) is 7.88. The van der Waals surface area contributed by atoms with Gasteiger partial charge >= 0.3 is 0 Å². The van der Waals surface area contributed by atoms with Crippen LogP contribution in [0, 0.1) is 0 Å². The van der Waals surface area contributed by atoms with Crippen LogP contribution in [0.2, 0.25) is 0 Å². The molecular formula is C16H20N2OS. The van der Waals surface area contributed by atoms with Crippen LogP contribution in [-0.2, 0) is 13.0 Å². The van der Waals surface area contributed by atoms with Crippen LogP contribution < -0.4 is 4.90 Å². The molecule has 0 amide bonds. The van der Waals surface area contributed by atoms with E-state index in [1.165, 1.54) is 18.4 Å². The van der Waals surface area contributed by atoms with Gasteiger partial charge in [-0.2, -0.15) is 0 Å². The van der Waals surface area contributed by atoms with Crippen LogP contribution in [0.5, 0.6) is 0 Å². The number of hydrogen-bond acceptors (Lipinski definition) is 4. The minimum absolute atomic E-state index is 0.103. The summed E-state index contributed by atoms with van der Waals surface area (Å²) in [5.74, 6) is 0.581. The number of aromatic nitrogens is 1. The molecule has 1 aromatic heterocycles. The number of aryl methyl sites for hydroxylation is 1. The van der Waals surface area contributed by atoms with E-state index in [9.17, 15) is 5.11 Å². The van der Waals surface area contributed by atoms with Crippen LogP contribution in [0.25, 0.3) is 0 Å². The molecule has 0 aliphatic heterocycles. The number of aliphatic hydroxyl groups is 1. The molecule has 1 heterocycles. The lowest BCUT2D eigenvalue weighted by Crippen LogP contribution is -2.09. The van der Waals surface area contributed by atoms with Crippen LogP contribution in [0.3, 0.4) is 0 Å². The van der Waals surface area contributed by atoms with Crippen molar-refractivity contribution in [2.24, 2.45) is 0 Å². The van der Waals surface area contributed by atoms with E-state index in [0.29, 0.717) is 5.92 Å². The third kappa shape index (κ3) is 2.58.